The molecule has 0 amide bonds. The maximum Gasteiger partial charge on any atom is 0.199 e. The normalized spacial score (nSPS) is 12.2. The van der Waals surface area contributed by atoms with Crippen molar-refractivity contribution in [3.63, 3.8) is 0 Å². The predicted molar refractivity (Wildman–Crippen MR) is 83.0 cm³/mol. The molecule has 3 nitrogen and oxygen atoms in total. The fourth-order valence-electron chi connectivity index (χ4n) is 2.41. The van der Waals surface area contributed by atoms with Crippen LogP contribution in [0.2, 0.25) is 5.22 Å². The van der Waals surface area contributed by atoms with Gasteiger partial charge >= 0.3 is 0 Å². The van der Waals surface area contributed by atoms with E-state index in [0.717, 1.165) is 35.9 Å². The molecule has 0 spiro atoms. The molecule has 0 atom stereocenters. The van der Waals surface area contributed by atoms with Gasteiger partial charge in [0.2, 0.25) is 0 Å². The monoisotopic (exact) mass is 295 g/mol. The highest BCUT2D eigenvalue weighted by atomic mass is 35.5. The van der Waals surface area contributed by atoms with E-state index in [9.17, 15) is 0 Å². The average Bonchev–Trinajstić information content (AvgIpc) is 2.73. The summed E-state index contributed by atoms with van der Waals surface area (Å²) < 4.78 is 5.54. The molecule has 2 N–H and O–H groups in total. The van der Waals surface area contributed by atoms with Gasteiger partial charge in [-0.25, -0.2) is 0 Å². The molecule has 0 radical (unpaired) electrons. The Balaban J connectivity index is 1.98. The molecule has 2 aromatic rings. The lowest BCUT2D eigenvalue weighted by atomic mass is 9.88. The molecule has 0 fully saturated rings. The molecule has 2 rings (SSSR count). The number of nitrogens with one attached hydrogen (secondary N) is 1. The van der Waals surface area contributed by atoms with Gasteiger partial charge in [0, 0.05) is 30.6 Å². The van der Waals surface area contributed by atoms with Crippen LogP contribution in [0.4, 0.5) is 0 Å². The molecule has 1 heterocycles. The summed E-state index contributed by atoms with van der Waals surface area (Å²) in [6.07, 6.45) is 1.83. The highest BCUT2D eigenvalue weighted by molar-refractivity contribution is 6.30. The number of fused-ring (bicyclic) bond motifs is 1. The first kappa shape index (κ1) is 15.4. The molecule has 20 heavy (non-hydrogen) atoms. The van der Waals surface area contributed by atoms with Gasteiger partial charge in [-0.1, -0.05) is 32.0 Å². The molecule has 0 unspecified atom stereocenters. The van der Waals surface area contributed by atoms with Crippen molar-refractivity contribution in [2.75, 3.05) is 13.2 Å². The maximum atomic E-state index is 8.91. The summed E-state index contributed by atoms with van der Waals surface area (Å²) >= 11 is 6.16. The van der Waals surface area contributed by atoms with Crippen LogP contribution < -0.4 is 5.32 Å². The third-order valence-electron chi connectivity index (χ3n) is 3.57. The van der Waals surface area contributed by atoms with E-state index in [0.29, 0.717) is 11.8 Å². The second kappa shape index (κ2) is 6.61. The zero-order valence-corrected chi connectivity index (χ0v) is 12.8. The van der Waals surface area contributed by atoms with Gasteiger partial charge in [0.05, 0.1) is 0 Å². The number of furan rings is 1. The lowest BCUT2D eigenvalue weighted by molar-refractivity contribution is 0.236. The SMILES string of the molecule is CC(C)(CCCO)CNCc1c(Cl)oc2ccccc12. The first-order valence-corrected chi connectivity index (χ1v) is 7.39. The van der Waals surface area contributed by atoms with Crippen molar-refractivity contribution in [2.24, 2.45) is 5.41 Å². The van der Waals surface area contributed by atoms with Crippen LogP contribution in [0.1, 0.15) is 32.3 Å². The second-order valence-electron chi connectivity index (χ2n) is 5.95. The van der Waals surface area contributed by atoms with Gasteiger partial charge in [-0.15, -0.1) is 0 Å². The standard InChI is InChI=1S/C16H22ClNO2/c1-16(2,8-5-9-19)11-18-10-13-12-6-3-4-7-14(12)20-15(13)17/h3-4,6-7,18-19H,5,8-11H2,1-2H3. The minimum absolute atomic E-state index is 0.161. The largest absolute Gasteiger partial charge is 0.444 e. The van der Waals surface area contributed by atoms with E-state index in [-0.39, 0.29) is 12.0 Å². The van der Waals surface area contributed by atoms with Crippen LogP contribution in [0.25, 0.3) is 11.0 Å². The summed E-state index contributed by atoms with van der Waals surface area (Å²) in [6.45, 7) is 6.22. The number of benzene rings is 1. The van der Waals surface area contributed by atoms with Crippen molar-refractivity contribution in [3.05, 3.63) is 35.0 Å². The van der Waals surface area contributed by atoms with E-state index in [1.54, 1.807) is 0 Å². The van der Waals surface area contributed by atoms with Crippen LogP contribution in [0.3, 0.4) is 0 Å². The number of hydrogen-bond donors (Lipinski definition) is 2. The number of aliphatic hydroxyl groups is 1. The number of para-hydroxylation sites is 1. The van der Waals surface area contributed by atoms with E-state index >= 15 is 0 Å². The number of hydrogen-bond acceptors (Lipinski definition) is 3. The molecule has 0 aliphatic carbocycles. The molecule has 110 valence electrons. The van der Waals surface area contributed by atoms with Gasteiger partial charge in [0.15, 0.2) is 5.22 Å². The zero-order valence-electron chi connectivity index (χ0n) is 12.1. The van der Waals surface area contributed by atoms with Crippen LogP contribution in [-0.4, -0.2) is 18.3 Å². The molecule has 0 bridgehead atoms. The van der Waals surface area contributed by atoms with Crippen molar-refractivity contribution in [2.45, 2.75) is 33.2 Å². The van der Waals surface area contributed by atoms with E-state index < -0.39 is 0 Å². The Morgan fingerprint density at radius 1 is 1.30 bits per heavy atom. The molecule has 0 saturated heterocycles. The minimum atomic E-state index is 0.161. The Hall–Kier alpha value is -1.03. The molecule has 1 aromatic carbocycles. The zero-order chi connectivity index (χ0) is 14.6. The summed E-state index contributed by atoms with van der Waals surface area (Å²) in [5.41, 5.74) is 2.00. The predicted octanol–water partition coefficient (Wildman–Crippen LogP) is 3.97. The summed E-state index contributed by atoms with van der Waals surface area (Å²) in [6, 6.07) is 7.88. The topological polar surface area (TPSA) is 45.4 Å². The number of rotatable bonds is 7. The van der Waals surface area contributed by atoms with Crippen LogP contribution in [-0.2, 0) is 6.54 Å². The lowest BCUT2D eigenvalue weighted by Crippen LogP contribution is -2.29. The highest BCUT2D eigenvalue weighted by Crippen LogP contribution is 2.29. The van der Waals surface area contributed by atoms with Gasteiger partial charge in [-0.2, -0.15) is 0 Å². The maximum absolute atomic E-state index is 8.91. The van der Waals surface area contributed by atoms with Crippen LogP contribution in [0.5, 0.6) is 0 Å². The Morgan fingerprint density at radius 2 is 2.05 bits per heavy atom. The quantitative estimate of drug-likeness (QED) is 0.812. The second-order valence-corrected chi connectivity index (χ2v) is 6.29. The molecular formula is C16H22ClNO2. The number of aliphatic hydroxyl groups excluding tert-OH is 1. The van der Waals surface area contributed by atoms with Crippen LogP contribution in [0.15, 0.2) is 28.7 Å². The summed E-state index contributed by atoms with van der Waals surface area (Å²) in [7, 11) is 0. The Bertz CT molecular complexity index is 563. The van der Waals surface area contributed by atoms with Gasteiger partial charge in [-0.3, -0.25) is 0 Å². The van der Waals surface area contributed by atoms with Gasteiger partial charge in [0.1, 0.15) is 5.58 Å². The Labute approximate surface area is 124 Å². The lowest BCUT2D eigenvalue weighted by Gasteiger charge is -2.24. The fourth-order valence-corrected chi connectivity index (χ4v) is 2.66. The van der Waals surface area contributed by atoms with Crippen molar-refractivity contribution >= 4 is 22.6 Å². The summed E-state index contributed by atoms with van der Waals surface area (Å²) in [4.78, 5) is 0. The third kappa shape index (κ3) is 3.75. The number of halogens is 1. The fraction of sp³-hybridized carbons (Fsp3) is 0.500. The third-order valence-corrected chi connectivity index (χ3v) is 3.87. The molecule has 0 aliphatic heterocycles. The molecule has 0 aliphatic rings. The first-order valence-electron chi connectivity index (χ1n) is 7.01. The molecule has 1 aromatic heterocycles. The van der Waals surface area contributed by atoms with Gasteiger partial charge < -0.3 is 14.8 Å². The smallest absolute Gasteiger partial charge is 0.199 e. The highest BCUT2D eigenvalue weighted by Gasteiger charge is 2.18. The van der Waals surface area contributed by atoms with E-state index in [2.05, 4.69) is 19.2 Å². The molecule has 4 heteroatoms. The van der Waals surface area contributed by atoms with Crippen molar-refractivity contribution in [1.29, 1.82) is 0 Å². The van der Waals surface area contributed by atoms with E-state index in [1.165, 1.54) is 0 Å². The summed E-state index contributed by atoms with van der Waals surface area (Å²) in [5.74, 6) is 0. The first-order chi connectivity index (χ1) is 9.53. The summed E-state index contributed by atoms with van der Waals surface area (Å²) in [5, 5.41) is 13.9. The van der Waals surface area contributed by atoms with Gasteiger partial charge in [0.25, 0.3) is 0 Å². The average molecular weight is 296 g/mol. The minimum Gasteiger partial charge on any atom is -0.444 e. The van der Waals surface area contributed by atoms with Crippen LogP contribution in [0, 0.1) is 5.41 Å². The Kier molecular flexibility index (Phi) is 5.08. The molecular weight excluding hydrogens is 274 g/mol. The van der Waals surface area contributed by atoms with E-state index in [1.807, 2.05) is 24.3 Å². The van der Waals surface area contributed by atoms with Crippen LogP contribution >= 0.6 is 11.6 Å². The molecule has 0 saturated carbocycles. The Morgan fingerprint density at radius 3 is 2.80 bits per heavy atom. The van der Waals surface area contributed by atoms with Crippen molar-refractivity contribution in [1.82, 2.24) is 5.32 Å². The van der Waals surface area contributed by atoms with Gasteiger partial charge in [-0.05, 0) is 35.9 Å². The van der Waals surface area contributed by atoms with Crippen molar-refractivity contribution in [3.8, 4) is 0 Å². The van der Waals surface area contributed by atoms with E-state index in [4.69, 9.17) is 21.1 Å². The van der Waals surface area contributed by atoms with Crippen molar-refractivity contribution < 1.29 is 9.52 Å².